The van der Waals surface area contributed by atoms with Crippen molar-refractivity contribution < 1.29 is 0 Å². The molecular weight excluding hydrogens is 278 g/mol. The molecule has 0 bridgehead atoms. The molecule has 0 unspecified atom stereocenters. The molecule has 1 heterocycles. The van der Waals surface area contributed by atoms with E-state index < -0.39 is 0 Å². The summed E-state index contributed by atoms with van der Waals surface area (Å²) in [7, 11) is 0. The van der Waals surface area contributed by atoms with Crippen molar-refractivity contribution in [2.45, 2.75) is 32.1 Å². The second kappa shape index (κ2) is 8.28. The molecule has 2 aromatic carbocycles. The molecule has 1 heteroatoms. The molecule has 0 saturated carbocycles. The molecule has 3 aromatic rings. The van der Waals surface area contributed by atoms with Crippen molar-refractivity contribution in [3.63, 3.8) is 0 Å². The number of aromatic nitrogens is 1. The minimum atomic E-state index is 1.04. The minimum Gasteiger partial charge on any atom is -0.256 e. The lowest BCUT2D eigenvalue weighted by Gasteiger charge is -2.05. The third-order valence-corrected chi connectivity index (χ3v) is 4.19. The number of nitrogens with zero attached hydrogens (tertiary/aromatic N) is 1. The highest BCUT2D eigenvalue weighted by Gasteiger charge is 1.99. The van der Waals surface area contributed by atoms with Crippen LogP contribution in [0.2, 0.25) is 0 Å². The summed E-state index contributed by atoms with van der Waals surface area (Å²) in [5, 5.41) is 0. The maximum atomic E-state index is 4.39. The van der Waals surface area contributed by atoms with Gasteiger partial charge in [0.05, 0.1) is 5.69 Å². The smallest absolute Gasteiger partial charge is 0.0701 e. The van der Waals surface area contributed by atoms with Crippen molar-refractivity contribution in [2.24, 2.45) is 0 Å². The predicted molar refractivity (Wildman–Crippen MR) is 97.4 cm³/mol. The number of pyridine rings is 1. The first-order valence-corrected chi connectivity index (χ1v) is 8.46. The second-order valence-electron chi connectivity index (χ2n) is 5.96. The zero-order chi connectivity index (χ0) is 15.7. The largest absolute Gasteiger partial charge is 0.256 e. The zero-order valence-corrected chi connectivity index (χ0v) is 13.5. The Labute approximate surface area is 139 Å². The molecule has 0 aliphatic heterocycles. The van der Waals surface area contributed by atoms with Crippen molar-refractivity contribution in [3.05, 3.63) is 90.1 Å². The van der Waals surface area contributed by atoms with E-state index in [-0.39, 0.29) is 0 Å². The van der Waals surface area contributed by atoms with E-state index in [4.69, 9.17) is 0 Å². The average Bonchev–Trinajstić information content (AvgIpc) is 2.64. The zero-order valence-electron chi connectivity index (χ0n) is 13.5. The van der Waals surface area contributed by atoms with E-state index in [2.05, 4.69) is 65.6 Å². The van der Waals surface area contributed by atoms with Crippen molar-refractivity contribution >= 4 is 0 Å². The quantitative estimate of drug-likeness (QED) is 0.510. The molecule has 0 N–H and O–H groups in total. The Morgan fingerprint density at radius 1 is 0.565 bits per heavy atom. The van der Waals surface area contributed by atoms with Crippen LogP contribution in [0.15, 0.2) is 79.0 Å². The van der Waals surface area contributed by atoms with Gasteiger partial charge in [0.2, 0.25) is 0 Å². The van der Waals surface area contributed by atoms with E-state index in [0.717, 1.165) is 12.1 Å². The maximum Gasteiger partial charge on any atom is 0.0701 e. The van der Waals surface area contributed by atoms with Crippen LogP contribution in [-0.2, 0) is 12.8 Å². The molecular formula is C22H23N. The van der Waals surface area contributed by atoms with Crippen LogP contribution < -0.4 is 0 Å². The Morgan fingerprint density at radius 2 is 1.22 bits per heavy atom. The summed E-state index contributed by atoms with van der Waals surface area (Å²) in [6, 6.07) is 25.6. The SMILES string of the molecule is c1ccc(CCCCCc2ccc(-c3ccccn3)cc2)cc1. The number of hydrogen-bond acceptors (Lipinski definition) is 1. The van der Waals surface area contributed by atoms with Crippen LogP contribution in [0.1, 0.15) is 30.4 Å². The van der Waals surface area contributed by atoms with Gasteiger partial charge in [-0.1, -0.05) is 67.1 Å². The number of aryl methyl sites for hydroxylation is 2. The Morgan fingerprint density at radius 3 is 1.87 bits per heavy atom. The highest BCUT2D eigenvalue weighted by atomic mass is 14.7. The summed E-state index contributed by atoms with van der Waals surface area (Å²) in [5.74, 6) is 0. The molecule has 0 aliphatic carbocycles. The summed E-state index contributed by atoms with van der Waals surface area (Å²) in [6.45, 7) is 0. The normalized spacial score (nSPS) is 10.6. The van der Waals surface area contributed by atoms with Crippen LogP contribution in [0.5, 0.6) is 0 Å². The highest BCUT2D eigenvalue weighted by Crippen LogP contribution is 2.18. The third kappa shape index (κ3) is 4.79. The summed E-state index contributed by atoms with van der Waals surface area (Å²) >= 11 is 0. The van der Waals surface area contributed by atoms with Gasteiger partial charge >= 0.3 is 0 Å². The van der Waals surface area contributed by atoms with Gasteiger partial charge in [-0.2, -0.15) is 0 Å². The summed E-state index contributed by atoms with van der Waals surface area (Å²) in [4.78, 5) is 4.39. The molecule has 116 valence electrons. The molecule has 0 fully saturated rings. The molecule has 0 atom stereocenters. The van der Waals surface area contributed by atoms with Crippen molar-refractivity contribution in [1.29, 1.82) is 0 Å². The Hall–Kier alpha value is -2.41. The molecule has 0 aliphatic rings. The van der Waals surface area contributed by atoms with Gasteiger partial charge in [-0.3, -0.25) is 4.98 Å². The van der Waals surface area contributed by atoms with Crippen LogP contribution in [0.4, 0.5) is 0 Å². The van der Waals surface area contributed by atoms with Gasteiger partial charge in [0.15, 0.2) is 0 Å². The molecule has 3 rings (SSSR count). The molecule has 0 saturated heterocycles. The van der Waals surface area contributed by atoms with Crippen LogP contribution >= 0.6 is 0 Å². The number of unbranched alkanes of at least 4 members (excludes halogenated alkanes) is 2. The first kappa shape index (κ1) is 15.5. The number of hydrogen-bond donors (Lipinski definition) is 0. The molecule has 1 nitrogen and oxygen atoms in total. The topological polar surface area (TPSA) is 12.9 Å². The molecule has 0 spiro atoms. The van der Waals surface area contributed by atoms with Gasteiger partial charge in [-0.05, 0) is 48.9 Å². The first-order chi connectivity index (χ1) is 11.4. The van der Waals surface area contributed by atoms with Crippen molar-refractivity contribution in [3.8, 4) is 11.3 Å². The lowest BCUT2D eigenvalue weighted by molar-refractivity contribution is 0.678. The van der Waals surface area contributed by atoms with Gasteiger partial charge in [-0.25, -0.2) is 0 Å². The van der Waals surface area contributed by atoms with Crippen LogP contribution in [0.3, 0.4) is 0 Å². The van der Waals surface area contributed by atoms with Gasteiger partial charge in [0.1, 0.15) is 0 Å². The number of rotatable bonds is 7. The van der Waals surface area contributed by atoms with E-state index in [1.165, 1.54) is 42.4 Å². The van der Waals surface area contributed by atoms with Crippen molar-refractivity contribution in [1.82, 2.24) is 4.98 Å². The predicted octanol–water partition coefficient (Wildman–Crippen LogP) is 5.70. The summed E-state index contributed by atoms with van der Waals surface area (Å²) in [6.07, 6.45) is 8.02. The molecule has 0 radical (unpaired) electrons. The fourth-order valence-corrected chi connectivity index (χ4v) is 2.86. The van der Waals surface area contributed by atoms with E-state index in [0.29, 0.717) is 0 Å². The van der Waals surface area contributed by atoms with Crippen LogP contribution in [0.25, 0.3) is 11.3 Å². The lowest BCUT2D eigenvalue weighted by atomic mass is 10.0. The fourth-order valence-electron chi connectivity index (χ4n) is 2.86. The highest BCUT2D eigenvalue weighted by molar-refractivity contribution is 5.58. The van der Waals surface area contributed by atoms with Gasteiger partial charge in [-0.15, -0.1) is 0 Å². The van der Waals surface area contributed by atoms with Gasteiger partial charge < -0.3 is 0 Å². The van der Waals surface area contributed by atoms with E-state index >= 15 is 0 Å². The third-order valence-electron chi connectivity index (χ3n) is 4.19. The van der Waals surface area contributed by atoms with Crippen molar-refractivity contribution in [2.75, 3.05) is 0 Å². The second-order valence-corrected chi connectivity index (χ2v) is 5.96. The van der Waals surface area contributed by atoms with Gasteiger partial charge in [0.25, 0.3) is 0 Å². The monoisotopic (exact) mass is 301 g/mol. The summed E-state index contributed by atoms with van der Waals surface area (Å²) in [5.41, 5.74) is 5.11. The maximum absolute atomic E-state index is 4.39. The van der Waals surface area contributed by atoms with Crippen LogP contribution in [0, 0.1) is 0 Å². The average molecular weight is 301 g/mol. The molecule has 23 heavy (non-hydrogen) atoms. The summed E-state index contributed by atoms with van der Waals surface area (Å²) < 4.78 is 0. The minimum absolute atomic E-state index is 1.04. The Kier molecular flexibility index (Phi) is 5.58. The molecule has 0 amide bonds. The van der Waals surface area contributed by atoms with E-state index in [1.807, 2.05) is 18.3 Å². The fraction of sp³-hybridized carbons (Fsp3) is 0.227. The van der Waals surface area contributed by atoms with Gasteiger partial charge in [0, 0.05) is 11.8 Å². The molecule has 1 aromatic heterocycles. The van der Waals surface area contributed by atoms with Crippen LogP contribution in [-0.4, -0.2) is 4.98 Å². The number of benzene rings is 2. The Balaban J connectivity index is 1.42. The van der Waals surface area contributed by atoms with E-state index in [9.17, 15) is 0 Å². The first-order valence-electron chi connectivity index (χ1n) is 8.46. The Bertz CT molecular complexity index is 687. The van der Waals surface area contributed by atoms with E-state index in [1.54, 1.807) is 0 Å². The lowest BCUT2D eigenvalue weighted by Crippen LogP contribution is -1.89. The standard InChI is InChI=1S/C22H23N/c1-3-9-19(10-4-1)11-5-2-6-12-20-14-16-21(17-15-20)22-13-7-8-18-23-22/h1,3-4,7-10,13-18H,2,5-6,11-12H2.